The van der Waals surface area contributed by atoms with E-state index in [2.05, 4.69) is 83.6 Å². The number of benzene rings is 4. The SMILES string of the molecule is O=[C]=[Mn][c]1cc(-c2cccc3ccccc23)cc2c1Cc1ccccc1-2. The monoisotopic (exact) mass is 374 g/mol. The average molecular weight is 374 g/mol. The van der Waals surface area contributed by atoms with E-state index in [1.54, 1.807) is 0 Å². The Bertz CT molecular complexity index is 1210. The van der Waals surface area contributed by atoms with Gasteiger partial charge in [0.2, 0.25) is 0 Å². The van der Waals surface area contributed by atoms with Gasteiger partial charge in [-0.3, -0.25) is 0 Å². The second-order valence-electron chi connectivity index (χ2n) is 6.52. The second-order valence-corrected chi connectivity index (χ2v) is 7.69. The van der Waals surface area contributed by atoms with Crippen LogP contribution in [0.15, 0.2) is 78.9 Å². The topological polar surface area (TPSA) is 17.1 Å². The summed E-state index contributed by atoms with van der Waals surface area (Å²) < 4.78 is 1.13. The zero-order chi connectivity index (χ0) is 17.5. The standard InChI is InChI=1S/C23H15.CO.Mn/c1-3-9-20-16(6-1)8-5-11-21(20)19-13-12-18-14-17-7-2-4-10-22(17)23(18)15-19;1-2;/h1-11,13,15H,14H2;;. The van der Waals surface area contributed by atoms with Crippen molar-refractivity contribution in [3.8, 4) is 22.3 Å². The molecule has 0 fully saturated rings. The van der Waals surface area contributed by atoms with E-state index in [1.807, 2.05) is 0 Å². The summed E-state index contributed by atoms with van der Waals surface area (Å²) in [6, 6.07) is 27.9. The van der Waals surface area contributed by atoms with Crippen LogP contribution in [0.3, 0.4) is 0 Å². The van der Waals surface area contributed by atoms with E-state index < -0.39 is 0 Å². The molecule has 0 unspecified atom stereocenters. The molecule has 2 heteroatoms. The van der Waals surface area contributed by atoms with Gasteiger partial charge in [-0.1, -0.05) is 0 Å². The Hall–Kier alpha value is -2.76. The molecule has 0 radical (unpaired) electrons. The van der Waals surface area contributed by atoms with Gasteiger partial charge in [0, 0.05) is 0 Å². The number of carbonyl (C=O) groups excluding carboxylic acids is 1. The Kier molecular flexibility index (Phi) is 3.69. The zero-order valence-corrected chi connectivity index (χ0v) is 15.2. The third kappa shape index (κ3) is 2.40. The van der Waals surface area contributed by atoms with E-state index >= 15 is 0 Å². The predicted molar refractivity (Wildman–Crippen MR) is 103 cm³/mol. The first kappa shape index (κ1) is 15.5. The minimum absolute atomic E-state index is 0.0355. The summed E-state index contributed by atoms with van der Waals surface area (Å²) in [7, 11) is 0. The molecule has 5 rings (SSSR count). The molecule has 0 bridgehead atoms. The van der Waals surface area contributed by atoms with Crippen molar-refractivity contribution in [2.45, 2.75) is 6.42 Å². The molecule has 0 spiro atoms. The molecule has 0 N–H and O–H groups in total. The molecule has 4 aromatic carbocycles. The Morgan fingerprint density at radius 2 is 1.54 bits per heavy atom. The summed E-state index contributed by atoms with van der Waals surface area (Å²) in [5.74, 6) is 0. The molecule has 0 aliphatic heterocycles. The van der Waals surface area contributed by atoms with Crippen molar-refractivity contribution in [1.82, 2.24) is 0 Å². The van der Waals surface area contributed by atoms with Gasteiger partial charge in [0.15, 0.2) is 0 Å². The van der Waals surface area contributed by atoms with Crippen molar-refractivity contribution >= 4 is 20.0 Å². The quantitative estimate of drug-likeness (QED) is 0.404. The van der Waals surface area contributed by atoms with Gasteiger partial charge >= 0.3 is 158 Å². The van der Waals surface area contributed by atoms with Crippen molar-refractivity contribution in [2.24, 2.45) is 0 Å². The van der Waals surface area contributed by atoms with E-state index in [-0.39, 0.29) is 14.5 Å². The Balaban J connectivity index is 1.82. The fourth-order valence-electron chi connectivity index (χ4n) is 3.94. The Morgan fingerprint density at radius 3 is 2.46 bits per heavy atom. The first-order chi connectivity index (χ1) is 12.8. The zero-order valence-electron chi connectivity index (χ0n) is 14.0. The molecule has 1 aliphatic carbocycles. The third-order valence-electron chi connectivity index (χ3n) is 5.11. The number of fused-ring (bicyclic) bond motifs is 4. The fraction of sp³-hybridized carbons (Fsp3) is 0.0417. The summed E-state index contributed by atoms with van der Waals surface area (Å²) in [6.45, 7) is 0. The molecule has 0 amide bonds. The summed E-state index contributed by atoms with van der Waals surface area (Å²) in [5, 5.41) is 2.48. The van der Waals surface area contributed by atoms with E-state index in [0.29, 0.717) is 0 Å². The van der Waals surface area contributed by atoms with Gasteiger partial charge in [0.05, 0.1) is 0 Å². The third-order valence-corrected chi connectivity index (χ3v) is 6.08. The van der Waals surface area contributed by atoms with Crippen LogP contribution in [-0.4, -0.2) is 4.79 Å². The van der Waals surface area contributed by atoms with Crippen molar-refractivity contribution in [3.05, 3.63) is 90.0 Å². The maximum absolute atomic E-state index is 11.2. The summed E-state index contributed by atoms with van der Waals surface area (Å²) in [4.78, 5) is 13.3. The van der Waals surface area contributed by atoms with Crippen LogP contribution < -0.4 is 4.46 Å². The van der Waals surface area contributed by atoms with Crippen molar-refractivity contribution in [1.29, 1.82) is 0 Å². The number of hydrogen-bond donors (Lipinski definition) is 0. The van der Waals surface area contributed by atoms with Crippen molar-refractivity contribution < 1.29 is 19.3 Å². The normalized spacial score (nSPS) is 11.8. The molecule has 0 saturated heterocycles. The molecule has 0 heterocycles. The van der Waals surface area contributed by atoms with E-state index in [0.717, 1.165) is 10.9 Å². The molecule has 1 aliphatic rings. The summed E-state index contributed by atoms with van der Waals surface area (Å²) in [6.07, 6.45) is 0.909. The first-order valence-electron chi connectivity index (χ1n) is 8.59. The van der Waals surface area contributed by atoms with Crippen LogP contribution >= 0.6 is 0 Å². The van der Waals surface area contributed by atoms with Crippen LogP contribution in [0.25, 0.3) is 33.0 Å². The van der Waals surface area contributed by atoms with Crippen LogP contribution in [0.4, 0.5) is 0 Å². The Labute approximate surface area is 158 Å². The first-order valence-corrected chi connectivity index (χ1v) is 9.77. The maximum atomic E-state index is 11.2. The van der Waals surface area contributed by atoms with E-state index in [9.17, 15) is 4.79 Å². The molecule has 124 valence electrons. The molecule has 0 saturated carbocycles. The van der Waals surface area contributed by atoms with Crippen LogP contribution in [0.1, 0.15) is 11.1 Å². The van der Waals surface area contributed by atoms with E-state index in [4.69, 9.17) is 0 Å². The number of rotatable bonds is 2. The molecule has 1 nitrogen and oxygen atoms in total. The number of hydrogen-bond acceptors (Lipinski definition) is 1. The van der Waals surface area contributed by atoms with E-state index in [1.165, 1.54) is 44.2 Å². The summed E-state index contributed by atoms with van der Waals surface area (Å²) in [5.41, 5.74) is 7.59. The van der Waals surface area contributed by atoms with Gasteiger partial charge < -0.3 is 0 Å². The molecule has 26 heavy (non-hydrogen) atoms. The average Bonchev–Trinajstić information content (AvgIpc) is 3.07. The van der Waals surface area contributed by atoms with Crippen LogP contribution in [0.2, 0.25) is 0 Å². The van der Waals surface area contributed by atoms with Gasteiger partial charge in [0.1, 0.15) is 0 Å². The fourth-order valence-corrected chi connectivity index (χ4v) is 4.78. The molecule has 0 aromatic heterocycles. The predicted octanol–water partition coefficient (Wildman–Crippen LogP) is 4.85. The Morgan fingerprint density at radius 1 is 0.769 bits per heavy atom. The van der Waals surface area contributed by atoms with Gasteiger partial charge in [-0.15, -0.1) is 0 Å². The van der Waals surface area contributed by atoms with Crippen LogP contribution in [0, 0.1) is 0 Å². The van der Waals surface area contributed by atoms with Gasteiger partial charge in [0.25, 0.3) is 0 Å². The molecular formula is C24H15MnO. The molecule has 0 atom stereocenters. The molecular weight excluding hydrogens is 359 g/mol. The van der Waals surface area contributed by atoms with Crippen molar-refractivity contribution in [2.75, 3.05) is 0 Å². The van der Waals surface area contributed by atoms with Crippen molar-refractivity contribution in [3.63, 3.8) is 0 Å². The summed E-state index contributed by atoms with van der Waals surface area (Å²) >= 11 is 0.0355. The van der Waals surface area contributed by atoms with Gasteiger partial charge in [-0.05, 0) is 0 Å². The van der Waals surface area contributed by atoms with Gasteiger partial charge in [-0.25, -0.2) is 0 Å². The molecule has 4 aromatic rings. The van der Waals surface area contributed by atoms with Crippen LogP contribution in [0.5, 0.6) is 0 Å². The minimum atomic E-state index is 0.0355. The second kappa shape index (κ2) is 6.20. The van der Waals surface area contributed by atoms with Gasteiger partial charge in [-0.2, -0.15) is 0 Å². The van der Waals surface area contributed by atoms with Crippen LogP contribution in [-0.2, 0) is 25.7 Å².